The first-order chi connectivity index (χ1) is 15.2. The maximum atomic E-state index is 12.4. The van der Waals surface area contributed by atoms with Gasteiger partial charge in [0.2, 0.25) is 0 Å². The highest BCUT2D eigenvalue weighted by Crippen LogP contribution is 2.23. The lowest BCUT2D eigenvalue weighted by atomic mass is 10.1. The highest BCUT2D eigenvalue weighted by Gasteiger charge is 2.13. The number of carbonyl (C=O) groups is 1. The molecule has 0 aliphatic heterocycles. The van der Waals surface area contributed by atoms with E-state index < -0.39 is 5.91 Å². The Morgan fingerprint density at radius 2 is 1.77 bits per heavy atom. The minimum atomic E-state index is -0.528. The van der Waals surface area contributed by atoms with Crippen molar-refractivity contribution in [2.24, 2.45) is 5.10 Å². The van der Waals surface area contributed by atoms with Crippen LogP contribution in [-0.4, -0.2) is 32.2 Å². The van der Waals surface area contributed by atoms with Crippen LogP contribution in [0.2, 0.25) is 0 Å². The van der Waals surface area contributed by atoms with Gasteiger partial charge in [0.15, 0.2) is 0 Å². The Morgan fingerprint density at radius 3 is 2.52 bits per heavy atom. The van der Waals surface area contributed by atoms with Gasteiger partial charge >= 0.3 is 0 Å². The zero-order valence-electron chi connectivity index (χ0n) is 16.5. The predicted molar refractivity (Wildman–Crippen MR) is 120 cm³/mol. The van der Waals surface area contributed by atoms with Crippen molar-refractivity contribution in [2.75, 3.05) is 0 Å². The molecule has 4 aromatic rings. The summed E-state index contributed by atoms with van der Waals surface area (Å²) in [5.74, 6) is -0.714. The number of aromatic hydroxyl groups is 1. The number of phenolic OH excluding ortho intramolecular Hbond substituents is 1. The zero-order valence-corrected chi connectivity index (χ0v) is 16.5. The van der Waals surface area contributed by atoms with Crippen LogP contribution in [0, 0.1) is 0 Å². The van der Waals surface area contributed by atoms with Gasteiger partial charge < -0.3 is 5.11 Å². The lowest BCUT2D eigenvalue weighted by molar-refractivity contribution is 0.0952. The molecule has 0 bridgehead atoms. The normalized spacial score (nSPS) is 10.8. The molecule has 0 radical (unpaired) electrons. The van der Waals surface area contributed by atoms with E-state index in [1.165, 1.54) is 23.0 Å². The Kier molecular flexibility index (Phi) is 5.66. The van der Waals surface area contributed by atoms with Crippen molar-refractivity contribution in [1.29, 1.82) is 0 Å². The van der Waals surface area contributed by atoms with E-state index in [0.717, 1.165) is 16.7 Å². The Labute approximate surface area is 179 Å². The number of hydrogen-bond acceptors (Lipinski definition) is 5. The van der Waals surface area contributed by atoms with Crippen LogP contribution in [-0.2, 0) is 0 Å². The van der Waals surface area contributed by atoms with Crippen LogP contribution < -0.4 is 5.43 Å². The van der Waals surface area contributed by atoms with Crippen LogP contribution in [0.15, 0.2) is 90.7 Å². The van der Waals surface area contributed by atoms with E-state index in [1.807, 2.05) is 54.6 Å². The van der Waals surface area contributed by atoms with Gasteiger partial charge in [-0.25, -0.2) is 10.1 Å². The van der Waals surface area contributed by atoms with E-state index in [9.17, 15) is 9.90 Å². The molecule has 0 aliphatic rings. The second kappa shape index (κ2) is 8.87. The smallest absolute Gasteiger partial charge is 0.275 e. The molecule has 1 amide bonds. The van der Waals surface area contributed by atoms with Gasteiger partial charge in [-0.1, -0.05) is 72.5 Å². The molecule has 0 saturated carbocycles. The third-order valence-electron chi connectivity index (χ3n) is 4.64. The van der Waals surface area contributed by atoms with Gasteiger partial charge in [-0.05, 0) is 17.7 Å². The van der Waals surface area contributed by atoms with Gasteiger partial charge in [0, 0.05) is 17.2 Å². The van der Waals surface area contributed by atoms with Crippen molar-refractivity contribution in [2.45, 2.75) is 0 Å². The number of nitrogens with one attached hydrogen (secondary N) is 1. The molecular weight excluding hydrogens is 390 g/mol. The highest BCUT2D eigenvalue weighted by molar-refractivity contribution is 5.97. The van der Waals surface area contributed by atoms with E-state index >= 15 is 0 Å². The number of hydrogen-bond donors (Lipinski definition) is 2. The zero-order chi connectivity index (χ0) is 21.6. The second-order valence-corrected chi connectivity index (χ2v) is 6.65. The maximum Gasteiger partial charge on any atom is 0.275 e. The van der Waals surface area contributed by atoms with Gasteiger partial charge in [0.25, 0.3) is 5.91 Å². The lowest BCUT2D eigenvalue weighted by Gasteiger charge is -2.06. The summed E-state index contributed by atoms with van der Waals surface area (Å²) in [4.78, 5) is 12.4. The molecule has 1 aromatic heterocycles. The summed E-state index contributed by atoms with van der Waals surface area (Å²) >= 11 is 0. The van der Waals surface area contributed by atoms with E-state index in [-0.39, 0.29) is 11.3 Å². The average molecular weight is 409 g/mol. The quantitative estimate of drug-likeness (QED) is 0.371. The molecule has 0 unspecified atom stereocenters. The predicted octanol–water partition coefficient (Wildman–Crippen LogP) is 4.05. The van der Waals surface area contributed by atoms with E-state index in [2.05, 4.69) is 27.4 Å². The van der Waals surface area contributed by atoms with Gasteiger partial charge in [-0.3, -0.25) is 4.79 Å². The number of nitrogens with zero attached hydrogens (tertiary/aromatic N) is 4. The standard InChI is InChI=1S/C24H19N5O2/c1-2-17-8-6-7-11-19(17)15-25-27-24(31)21-13-12-20(14-23(21)30)29-16-22(26-28-29)18-9-4-3-5-10-18/h2-16,30H,1H2,(H,27,31). The fourth-order valence-electron chi connectivity index (χ4n) is 3.02. The third kappa shape index (κ3) is 4.40. The molecule has 0 fully saturated rings. The topological polar surface area (TPSA) is 92.4 Å². The summed E-state index contributed by atoms with van der Waals surface area (Å²) in [6.07, 6.45) is 4.99. The largest absolute Gasteiger partial charge is 0.507 e. The van der Waals surface area contributed by atoms with Crippen molar-refractivity contribution in [3.8, 4) is 22.7 Å². The second-order valence-electron chi connectivity index (χ2n) is 6.65. The van der Waals surface area contributed by atoms with Gasteiger partial charge in [-0.2, -0.15) is 5.10 Å². The van der Waals surface area contributed by atoms with Crippen molar-refractivity contribution in [3.05, 3.63) is 102 Å². The minimum absolute atomic E-state index is 0.0984. The number of hydrazone groups is 1. The Morgan fingerprint density at radius 1 is 1.03 bits per heavy atom. The van der Waals surface area contributed by atoms with Crippen LogP contribution in [0.5, 0.6) is 5.75 Å². The van der Waals surface area contributed by atoms with Crippen LogP contribution >= 0.6 is 0 Å². The summed E-state index contributed by atoms with van der Waals surface area (Å²) in [7, 11) is 0. The molecule has 1 heterocycles. The van der Waals surface area contributed by atoms with Crippen molar-refractivity contribution in [3.63, 3.8) is 0 Å². The third-order valence-corrected chi connectivity index (χ3v) is 4.64. The molecule has 3 aromatic carbocycles. The Bertz CT molecular complexity index is 1260. The number of phenols is 1. The molecule has 4 rings (SSSR count). The van der Waals surface area contributed by atoms with Crippen LogP contribution in [0.4, 0.5) is 0 Å². The Balaban J connectivity index is 1.49. The van der Waals surface area contributed by atoms with Crippen molar-refractivity contribution in [1.82, 2.24) is 20.4 Å². The molecule has 31 heavy (non-hydrogen) atoms. The molecule has 0 saturated heterocycles. The molecule has 152 valence electrons. The number of rotatable bonds is 6. The van der Waals surface area contributed by atoms with Gasteiger partial charge in [0.05, 0.1) is 23.7 Å². The Hall–Kier alpha value is -4.52. The lowest BCUT2D eigenvalue weighted by Crippen LogP contribution is -2.18. The molecule has 0 spiro atoms. The molecular formula is C24H19N5O2. The fraction of sp³-hybridized carbons (Fsp3) is 0. The van der Waals surface area contributed by atoms with Gasteiger partial charge in [0.1, 0.15) is 11.4 Å². The summed E-state index contributed by atoms with van der Waals surface area (Å²) < 4.78 is 1.54. The molecule has 2 N–H and O–H groups in total. The van der Waals surface area contributed by atoms with Crippen LogP contribution in [0.25, 0.3) is 23.0 Å². The molecule has 0 aliphatic carbocycles. The number of aromatic nitrogens is 3. The fourth-order valence-corrected chi connectivity index (χ4v) is 3.02. The summed E-state index contributed by atoms with van der Waals surface area (Å²) in [6, 6.07) is 21.8. The summed E-state index contributed by atoms with van der Waals surface area (Å²) in [6.45, 7) is 3.75. The summed E-state index contributed by atoms with van der Waals surface area (Å²) in [5.41, 5.74) is 6.46. The number of amides is 1. The van der Waals surface area contributed by atoms with Crippen molar-refractivity contribution < 1.29 is 9.90 Å². The minimum Gasteiger partial charge on any atom is -0.507 e. The highest BCUT2D eigenvalue weighted by atomic mass is 16.3. The van der Waals surface area contributed by atoms with Crippen LogP contribution in [0.3, 0.4) is 0 Å². The molecule has 7 nitrogen and oxygen atoms in total. The number of benzene rings is 3. The monoisotopic (exact) mass is 409 g/mol. The van der Waals surface area contributed by atoms with E-state index in [0.29, 0.717) is 11.4 Å². The first kappa shape index (κ1) is 19.8. The number of carbonyl (C=O) groups excluding carboxylic acids is 1. The van der Waals surface area contributed by atoms with Crippen molar-refractivity contribution >= 4 is 18.2 Å². The first-order valence-electron chi connectivity index (χ1n) is 9.52. The van der Waals surface area contributed by atoms with Crippen LogP contribution in [0.1, 0.15) is 21.5 Å². The molecule has 7 heteroatoms. The SMILES string of the molecule is C=Cc1ccccc1C=NNC(=O)c1ccc(-n2cc(-c3ccccc3)nn2)cc1O. The molecule has 0 atom stereocenters. The van der Waals surface area contributed by atoms with Gasteiger partial charge in [-0.15, -0.1) is 5.10 Å². The average Bonchev–Trinajstić information content (AvgIpc) is 3.30. The van der Waals surface area contributed by atoms with E-state index in [1.54, 1.807) is 18.3 Å². The first-order valence-corrected chi connectivity index (χ1v) is 9.52. The van der Waals surface area contributed by atoms with E-state index in [4.69, 9.17) is 0 Å². The maximum absolute atomic E-state index is 12.4. The summed E-state index contributed by atoms with van der Waals surface area (Å²) in [5, 5.41) is 22.6.